The molecule has 4 rings (SSSR count). The largest absolute Gasteiger partial charge is 0.346 e. The predicted molar refractivity (Wildman–Crippen MR) is 162 cm³/mol. The Balaban J connectivity index is 1.52. The highest BCUT2D eigenvalue weighted by Gasteiger charge is 2.21. The number of hydrogen-bond donors (Lipinski definition) is 3. The minimum Gasteiger partial charge on any atom is -0.346 e. The number of benzene rings is 2. The van der Waals surface area contributed by atoms with E-state index in [1.54, 1.807) is 35.1 Å². The second-order valence-electron chi connectivity index (χ2n) is 9.61. The fourth-order valence-corrected chi connectivity index (χ4v) is 4.89. The maximum Gasteiger partial charge on any atom is 0.259 e. The maximum absolute atomic E-state index is 13.4. The average molecular weight is 633 g/mol. The lowest BCUT2D eigenvalue weighted by molar-refractivity contribution is -0.121. The van der Waals surface area contributed by atoms with Crippen molar-refractivity contribution in [2.24, 2.45) is 7.05 Å². The van der Waals surface area contributed by atoms with Gasteiger partial charge in [0.2, 0.25) is 10.1 Å². The number of rotatable bonds is 12. The Labute approximate surface area is 254 Å². The van der Waals surface area contributed by atoms with Gasteiger partial charge >= 0.3 is 0 Å². The molecular formula is C28H31Cl2N7O4S. The second kappa shape index (κ2) is 13.5. The zero-order valence-electron chi connectivity index (χ0n) is 23.2. The summed E-state index contributed by atoms with van der Waals surface area (Å²) in [6.45, 7) is 4.67. The monoisotopic (exact) mass is 631 g/mol. The van der Waals surface area contributed by atoms with Gasteiger partial charge < -0.3 is 5.32 Å². The molecule has 0 saturated carbocycles. The third-order valence-corrected chi connectivity index (χ3v) is 8.82. The predicted octanol–water partition coefficient (Wildman–Crippen LogP) is 4.11. The van der Waals surface area contributed by atoms with Crippen LogP contribution in [0, 0.1) is 0 Å². The Morgan fingerprint density at radius 2 is 1.79 bits per heavy atom. The molecule has 0 fully saturated rings. The van der Waals surface area contributed by atoms with Gasteiger partial charge in [-0.05, 0) is 67.3 Å². The SMILES string of the molecule is CCn1ccc(-c2cc(-c3cnn(C)c3)cc([C@@H](C)NC(=O)c3ccccc3CCC(=O)NNS(=O)(=O)C(Cl)Cl)c2)n1. The lowest BCUT2D eigenvalue weighted by Gasteiger charge is -2.18. The summed E-state index contributed by atoms with van der Waals surface area (Å²) in [5.74, 6) is -0.920. The van der Waals surface area contributed by atoms with Gasteiger partial charge in [-0.25, -0.2) is 8.42 Å². The Morgan fingerprint density at radius 1 is 1.05 bits per heavy atom. The van der Waals surface area contributed by atoms with Crippen LogP contribution in [0.4, 0.5) is 0 Å². The first-order chi connectivity index (χ1) is 20.0. The number of carbonyl (C=O) groups excluding carboxylic acids is 2. The zero-order valence-corrected chi connectivity index (χ0v) is 25.5. The molecule has 2 heterocycles. The van der Waals surface area contributed by atoms with E-state index in [0.717, 1.165) is 34.5 Å². The van der Waals surface area contributed by atoms with E-state index in [1.165, 1.54) is 0 Å². The number of aryl methyl sites for hydroxylation is 3. The molecular weight excluding hydrogens is 601 g/mol. The molecule has 14 heteroatoms. The summed E-state index contributed by atoms with van der Waals surface area (Å²) in [6, 6.07) is 14.6. The maximum atomic E-state index is 13.4. The third-order valence-electron chi connectivity index (χ3n) is 6.55. The van der Waals surface area contributed by atoms with Crippen LogP contribution in [-0.4, -0.2) is 44.0 Å². The number of nitrogens with one attached hydrogen (secondary N) is 3. The molecule has 0 aliphatic rings. The molecule has 0 aliphatic carbocycles. The van der Waals surface area contributed by atoms with Gasteiger partial charge in [-0.2, -0.15) is 10.2 Å². The highest BCUT2D eigenvalue weighted by atomic mass is 35.5. The van der Waals surface area contributed by atoms with Crippen LogP contribution in [0.5, 0.6) is 0 Å². The van der Waals surface area contributed by atoms with Gasteiger partial charge in [0.25, 0.3) is 15.9 Å². The van der Waals surface area contributed by atoms with E-state index < -0.39 is 20.1 Å². The second-order valence-corrected chi connectivity index (χ2v) is 13.0. The first-order valence-corrected chi connectivity index (χ1v) is 15.5. The van der Waals surface area contributed by atoms with Gasteiger partial charge in [0.05, 0.1) is 17.9 Å². The first-order valence-electron chi connectivity index (χ1n) is 13.1. The molecule has 0 saturated heterocycles. The number of nitrogens with zero attached hydrogens (tertiary/aromatic N) is 4. The summed E-state index contributed by atoms with van der Waals surface area (Å²) in [7, 11) is -2.25. The van der Waals surface area contributed by atoms with E-state index in [9.17, 15) is 18.0 Å². The Bertz CT molecular complexity index is 1680. The number of aromatic nitrogens is 4. The molecule has 3 N–H and O–H groups in total. The van der Waals surface area contributed by atoms with Crippen molar-refractivity contribution in [2.75, 3.05) is 0 Å². The molecule has 1 atom stereocenters. The lowest BCUT2D eigenvalue weighted by atomic mass is 9.96. The van der Waals surface area contributed by atoms with Gasteiger partial charge in [-0.15, -0.1) is 4.83 Å². The Morgan fingerprint density at radius 3 is 2.45 bits per heavy atom. The van der Waals surface area contributed by atoms with E-state index in [-0.39, 0.29) is 24.8 Å². The third kappa shape index (κ3) is 7.77. The number of halogens is 2. The summed E-state index contributed by atoms with van der Waals surface area (Å²) < 4.78 is 25.1. The molecule has 2 amide bonds. The van der Waals surface area contributed by atoms with Gasteiger partial charge in [0.1, 0.15) is 0 Å². The molecule has 0 radical (unpaired) electrons. The fraction of sp³-hybridized carbons (Fsp3) is 0.286. The molecule has 2 aromatic carbocycles. The highest BCUT2D eigenvalue weighted by Crippen LogP contribution is 2.30. The number of amides is 2. The first kappa shape index (κ1) is 31.2. The fourth-order valence-electron chi connectivity index (χ4n) is 4.28. The van der Waals surface area contributed by atoms with Crippen molar-refractivity contribution in [2.45, 2.75) is 43.4 Å². The van der Waals surface area contributed by atoms with Crippen molar-refractivity contribution < 1.29 is 18.0 Å². The number of alkyl halides is 2. The average Bonchev–Trinajstić information content (AvgIpc) is 3.64. The van der Waals surface area contributed by atoms with Crippen LogP contribution < -0.4 is 15.6 Å². The molecule has 11 nitrogen and oxygen atoms in total. The minimum atomic E-state index is -4.10. The number of hydrazine groups is 1. The van der Waals surface area contributed by atoms with E-state index in [1.807, 2.05) is 61.0 Å². The van der Waals surface area contributed by atoms with Gasteiger partial charge in [-0.3, -0.25) is 24.4 Å². The van der Waals surface area contributed by atoms with Crippen LogP contribution in [0.2, 0.25) is 0 Å². The van der Waals surface area contributed by atoms with Crippen LogP contribution in [0.15, 0.2) is 67.1 Å². The van der Waals surface area contributed by atoms with Gasteiger partial charge in [-0.1, -0.05) is 41.4 Å². The minimum absolute atomic E-state index is 0.0848. The van der Waals surface area contributed by atoms with Crippen molar-refractivity contribution in [3.8, 4) is 22.4 Å². The molecule has 0 aliphatic heterocycles. The number of carbonyl (C=O) groups is 2. The highest BCUT2D eigenvalue weighted by molar-refractivity contribution is 7.92. The lowest BCUT2D eigenvalue weighted by Crippen LogP contribution is -2.43. The van der Waals surface area contributed by atoms with Crippen LogP contribution in [0.3, 0.4) is 0 Å². The summed E-state index contributed by atoms with van der Waals surface area (Å²) >= 11 is 10.7. The summed E-state index contributed by atoms with van der Waals surface area (Å²) in [6.07, 6.45) is 5.75. The Kier molecular flexibility index (Phi) is 10.0. The van der Waals surface area contributed by atoms with Crippen LogP contribution in [-0.2, 0) is 34.8 Å². The van der Waals surface area contributed by atoms with Crippen molar-refractivity contribution >= 4 is 45.0 Å². The summed E-state index contributed by atoms with van der Waals surface area (Å²) in [5.41, 5.74) is 7.59. The van der Waals surface area contributed by atoms with Crippen molar-refractivity contribution in [1.82, 2.24) is 35.1 Å². The van der Waals surface area contributed by atoms with Crippen molar-refractivity contribution in [1.29, 1.82) is 0 Å². The van der Waals surface area contributed by atoms with Gasteiger partial charge in [0, 0.05) is 49.1 Å². The zero-order chi connectivity index (χ0) is 30.4. The van der Waals surface area contributed by atoms with Crippen LogP contribution in [0.25, 0.3) is 22.4 Å². The van der Waals surface area contributed by atoms with E-state index in [0.29, 0.717) is 11.1 Å². The number of hydrogen-bond acceptors (Lipinski definition) is 6. The van der Waals surface area contributed by atoms with E-state index >= 15 is 0 Å². The molecule has 0 spiro atoms. The molecule has 2 aromatic heterocycles. The molecule has 42 heavy (non-hydrogen) atoms. The smallest absolute Gasteiger partial charge is 0.259 e. The normalized spacial score (nSPS) is 12.3. The van der Waals surface area contributed by atoms with Crippen molar-refractivity contribution in [3.63, 3.8) is 0 Å². The standard InChI is InChI=1S/C28H31Cl2N7O4S/c1-4-37-12-11-25(34-37)22-14-20(13-21(15-22)23-16-31-36(3)17-23)18(2)32-27(39)24-8-6-5-7-19(24)9-10-26(38)33-35-42(40,41)28(29)30/h5-8,11-18,28,35H,4,9-10H2,1-3H3,(H,32,39)(H,33,38)/t18-/m1/s1. The van der Waals surface area contributed by atoms with Gasteiger partial charge in [0.15, 0.2) is 0 Å². The molecule has 222 valence electrons. The van der Waals surface area contributed by atoms with E-state index in [2.05, 4.69) is 27.0 Å². The summed E-state index contributed by atoms with van der Waals surface area (Å²) in [4.78, 5) is 27.5. The van der Waals surface area contributed by atoms with Crippen LogP contribution in [0.1, 0.15) is 47.8 Å². The topological polar surface area (TPSA) is 140 Å². The molecule has 0 bridgehead atoms. The quantitative estimate of drug-likeness (QED) is 0.159. The van der Waals surface area contributed by atoms with Crippen molar-refractivity contribution in [3.05, 3.63) is 83.8 Å². The molecule has 0 unspecified atom stereocenters. The van der Waals surface area contributed by atoms with Crippen LogP contribution >= 0.6 is 23.2 Å². The van der Waals surface area contributed by atoms with E-state index in [4.69, 9.17) is 23.2 Å². The summed E-state index contributed by atoms with van der Waals surface area (Å²) in [5, 5.41) is 12.0. The number of sulfonamides is 1. The Hall–Kier alpha value is -3.71. The molecule has 4 aromatic rings.